The van der Waals surface area contributed by atoms with E-state index in [1.165, 1.54) is 24.3 Å². The lowest BCUT2D eigenvalue weighted by Crippen LogP contribution is -2.39. The average Bonchev–Trinajstić information content (AvgIpc) is 2.84. The summed E-state index contributed by atoms with van der Waals surface area (Å²) in [6.07, 6.45) is 2.14. The Labute approximate surface area is 114 Å². The first-order valence-corrected chi connectivity index (χ1v) is 8.04. The van der Waals surface area contributed by atoms with Crippen LogP contribution in [-0.2, 0) is 10.0 Å². The zero-order valence-corrected chi connectivity index (χ0v) is 11.9. The molecule has 1 atom stereocenters. The molecule has 0 amide bonds. The molecule has 106 valence electrons. The summed E-state index contributed by atoms with van der Waals surface area (Å²) in [6.45, 7) is 4.49. The maximum Gasteiger partial charge on any atom is 0.240 e. The van der Waals surface area contributed by atoms with Crippen LogP contribution in [0.25, 0.3) is 0 Å². The van der Waals surface area contributed by atoms with E-state index in [0.717, 1.165) is 25.9 Å². The predicted molar refractivity (Wildman–Crippen MR) is 73.6 cm³/mol. The number of hydrogen-bond acceptors (Lipinski definition) is 4. The molecule has 1 aromatic carbocycles. The molecule has 0 aliphatic carbocycles. The first-order valence-electron chi connectivity index (χ1n) is 6.55. The molecule has 0 radical (unpaired) electrons. The fourth-order valence-corrected chi connectivity index (χ4v) is 3.59. The highest BCUT2D eigenvalue weighted by Gasteiger charge is 2.25. The van der Waals surface area contributed by atoms with Crippen molar-refractivity contribution in [1.82, 2.24) is 9.62 Å². The van der Waals surface area contributed by atoms with E-state index in [-0.39, 0.29) is 16.7 Å². The van der Waals surface area contributed by atoms with E-state index in [1.807, 2.05) is 0 Å². The van der Waals surface area contributed by atoms with Crippen LogP contribution in [0.5, 0.6) is 5.75 Å². The maximum absolute atomic E-state index is 12.1. The van der Waals surface area contributed by atoms with Gasteiger partial charge in [-0.1, -0.05) is 13.0 Å². The van der Waals surface area contributed by atoms with E-state index < -0.39 is 10.0 Å². The molecule has 1 aliphatic heterocycles. The molecule has 0 aromatic heterocycles. The van der Waals surface area contributed by atoms with Crippen molar-refractivity contribution in [2.75, 3.05) is 19.6 Å². The van der Waals surface area contributed by atoms with Crippen molar-refractivity contribution in [3.63, 3.8) is 0 Å². The molecule has 2 rings (SSSR count). The highest BCUT2D eigenvalue weighted by molar-refractivity contribution is 7.89. The van der Waals surface area contributed by atoms with Crippen molar-refractivity contribution in [2.45, 2.75) is 30.7 Å². The summed E-state index contributed by atoms with van der Waals surface area (Å²) in [6, 6.07) is 5.99. The zero-order valence-electron chi connectivity index (χ0n) is 11.0. The highest BCUT2D eigenvalue weighted by Crippen LogP contribution is 2.18. The quantitative estimate of drug-likeness (QED) is 0.851. The van der Waals surface area contributed by atoms with Gasteiger partial charge in [-0.3, -0.25) is 4.90 Å². The number of likely N-dealkylation sites (N-methyl/N-ethyl adjacent to an activating group) is 1. The molecule has 2 N–H and O–H groups in total. The van der Waals surface area contributed by atoms with Crippen molar-refractivity contribution in [1.29, 1.82) is 0 Å². The van der Waals surface area contributed by atoms with Gasteiger partial charge in [-0.05, 0) is 44.1 Å². The van der Waals surface area contributed by atoms with Gasteiger partial charge in [-0.15, -0.1) is 0 Å². The number of benzene rings is 1. The second-order valence-electron chi connectivity index (χ2n) is 4.77. The molecular formula is C13H20N2O3S. The Morgan fingerprint density at radius 3 is 2.95 bits per heavy atom. The van der Waals surface area contributed by atoms with E-state index in [4.69, 9.17) is 0 Å². The summed E-state index contributed by atoms with van der Waals surface area (Å²) >= 11 is 0. The van der Waals surface area contributed by atoms with Crippen LogP contribution in [0.4, 0.5) is 0 Å². The van der Waals surface area contributed by atoms with E-state index >= 15 is 0 Å². The number of aromatic hydroxyl groups is 1. The van der Waals surface area contributed by atoms with E-state index in [9.17, 15) is 13.5 Å². The fourth-order valence-electron chi connectivity index (χ4n) is 2.48. The first-order chi connectivity index (χ1) is 9.03. The summed E-state index contributed by atoms with van der Waals surface area (Å²) < 4.78 is 26.8. The van der Waals surface area contributed by atoms with Gasteiger partial charge in [0.2, 0.25) is 10.0 Å². The Hall–Kier alpha value is -1.11. The van der Waals surface area contributed by atoms with E-state index in [0.29, 0.717) is 6.54 Å². The third-order valence-corrected chi connectivity index (χ3v) is 4.96. The van der Waals surface area contributed by atoms with Crippen LogP contribution in [0.3, 0.4) is 0 Å². The highest BCUT2D eigenvalue weighted by atomic mass is 32.2. The number of hydrogen-bond donors (Lipinski definition) is 2. The minimum atomic E-state index is -3.54. The molecular weight excluding hydrogens is 264 g/mol. The van der Waals surface area contributed by atoms with E-state index in [2.05, 4.69) is 16.5 Å². The number of nitrogens with one attached hydrogen (secondary N) is 1. The largest absolute Gasteiger partial charge is 0.508 e. The molecule has 1 heterocycles. The second kappa shape index (κ2) is 5.90. The Morgan fingerprint density at radius 1 is 1.47 bits per heavy atom. The minimum absolute atomic E-state index is 0.0427. The van der Waals surface area contributed by atoms with Crippen LogP contribution < -0.4 is 4.72 Å². The molecule has 0 saturated carbocycles. The van der Waals surface area contributed by atoms with Gasteiger partial charge in [-0.25, -0.2) is 13.1 Å². The van der Waals surface area contributed by atoms with Crippen LogP contribution in [-0.4, -0.2) is 44.1 Å². The van der Waals surface area contributed by atoms with E-state index in [1.54, 1.807) is 0 Å². The van der Waals surface area contributed by atoms with Gasteiger partial charge in [0.1, 0.15) is 5.75 Å². The van der Waals surface area contributed by atoms with Gasteiger partial charge in [0.15, 0.2) is 0 Å². The summed E-state index contributed by atoms with van der Waals surface area (Å²) in [4.78, 5) is 2.39. The molecule has 0 spiro atoms. The lowest BCUT2D eigenvalue weighted by Gasteiger charge is -2.22. The number of phenols is 1. The van der Waals surface area contributed by atoms with Gasteiger partial charge in [0.05, 0.1) is 4.90 Å². The number of likely N-dealkylation sites (tertiary alicyclic amines) is 1. The molecule has 1 saturated heterocycles. The second-order valence-corrected chi connectivity index (χ2v) is 6.54. The van der Waals surface area contributed by atoms with Gasteiger partial charge in [0.25, 0.3) is 0 Å². The molecule has 5 nitrogen and oxygen atoms in total. The number of rotatable bonds is 5. The fraction of sp³-hybridized carbons (Fsp3) is 0.538. The molecule has 6 heteroatoms. The summed E-state index contributed by atoms with van der Waals surface area (Å²) in [5.74, 6) is -0.0427. The molecule has 1 fully saturated rings. The maximum atomic E-state index is 12.1. The Kier molecular flexibility index (Phi) is 4.44. The predicted octanol–water partition coefficient (Wildman–Crippen LogP) is 1.15. The van der Waals surface area contributed by atoms with Crippen molar-refractivity contribution in [3.05, 3.63) is 24.3 Å². The van der Waals surface area contributed by atoms with Crippen LogP contribution in [0.1, 0.15) is 19.8 Å². The molecule has 19 heavy (non-hydrogen) atoms. The molecule has 1 aliphatic rings. The molecule has 1 aromatic rings. The van der Waals surface area contributed by atoms with Gasteiger partial charge in [0, 0.05) is 12.6 Å². The van der Waals surface area contributed by atoms with Gasteiger partial charge < -0.3 is 5.11 Å². The first kappa shape index (κ1) is 14.3. The third kappa shape index (κ3) is 3.46. The summed E-state index contributed by atoms with van der Waals surface area (Å²) in [5.41, 5.74) is 0. The Morgan fingerprint density at radius 2 is 2.26 bits per heavy atom. The number of nitrogens with zero attached hydrogens (tertiary/aromatic N) is 1. The summed E-state index contributed by atoms with van der Waals surface area (Å²) in [5, 5.41) is 9.34. The van der Waals surface area contributed by atoms with Gasteiger partial charge >= 0.3 is 0 Å². The zero-order chi connectivity index (χ0) is 13.9. The van der Waals surface area contributed by atoms with Crippen molar-refractivity contribution < 1.29 is 13.5 Å². The number of phenolic OH excluding ortho intramolecular Hbond substituents is 1. The smallest absolute Gasteiger partial charge is 0.240 e. The third-order valence-electron chi connectivity index (χ3n) is 3.54. The van der Waals surface area contributed by atoms with Crippen LogP contribution in [0.15, 0.2) is 29.2 Å². The Bertz CT molecular complexity index is 530. The normalized spacial score (nSPS) is 20.8. The molecule has 0 bridgehead atoms. The number of sulfonamides is 1. The SMILES string of the molecule is CCN1CCCC1CNS(=O)(=O)c1cccc(O)c1. The van der Waals surface area contributed by atoms with Crippen LogP contribution in [0.2, 0.25) is 0 Å². The topological polar surface area (TPSA) is 69.6 Å². The minimum Gasteiger partial charge on any atom is -0.508 e. The molecule has 1 unspecified atom stereocenters. The van der Waals surface area contributed by atoms with Crippen LogP contribution >= 0.6 is 0 Å². The van der Waals surface area contributed by atoms with Crippen LogP contribution in [0, 0.1) is 0 Å². The Balaban J connectivity index is 2.02. The van der Waals surface area contributed by atoms with Crippen molar-refractivity contribution >= 4 is 10.0 Å². The standard InChI is InChI=1S/C13H20N2O3S/c1-2-15-8-4-5-11(15)10-14-19(17,18)13-7-3-6-12(16)9-13/h3,6-7,9,11,14,16H,2,4-5,8,10H2,1H3. The lowest BCUT2D eigenvalue weighted by molar-refractivity contribution is 0.268. The summed E-state index contributed by atoms with van der Waals surface area (Å²) in [7, 11) is -3.54. The average molecular weight is 284 g/mol. The van der Waals surface area contributed by atoms with Crippen molar-refractivity contribution in [2.24, 2.45) is 0 Å². The van der Waals surface area contributed by atoms with Crippen molar-refractivity contribution in [3.8, 4) is 5.75 Å². The monoisotopic (exact) mass is 284 g/mol. The lowest BCUT2D eigenvalue weighted by atomic mass is 10.2. The van der Waals surface area contributed by atoms with Gasteiger partial charge in [-0.2, -0.15) is 0 Å².